The Morgan fingerprint density at radius 2 is 2.31 bits per heavy atom. The maximum atomic E-state index is 10.6. The van der Waals surface area contributed by atoms with Crippen LogP contribution in [0.1, 0.15) is 39.0 Å². The van der Waals surface area contributed by atoms with Gasteiger partial charge in [-0.2, -0.15) is 0 Å². The lowest BCUT2D eigenvalue weighted by Gasteiger charge is -2.22. The van der Waals surface area contributed by atoms with E-state index in [0.717, 1.165) is 19.4 Å². The summed E-state index contributed by atoms with van der Waals surface area (Å²) in [6.07, 6.45) is 4.79. The number of hydrogen-bond acceptors (Lipinski definition) is 2. The Balaban J connectivity index is 2.48. The Bertz CT molecular complexity index is 170. The summed E-state index contributed by atoms with van der Waals surface area (Å²) in [6, 6.07) is 0.415. The summed E-state index contributed by atoms with van der Waals surface area (Å²) in [5.74, 6) is -0.322. The van der Waals surface area contributed by atoms with Crippen LogP contribution in [-0.4, -0.2) is 23.7 Å². The van der Waals surface area contributed by atoms with E-state index < -0.39 is 5.97 Å². The molecule has 13 heavy (non-hydrogen) atoms. The van der Waals surface area contributed by atoms with Crippen molar-refractivity contribution >= 4 is 5.97 Å². The number of rotatable bonds is 3. The highest BCUT2D eigenvalue weighted by Crippen LogP contribution is 2.21. The van der Waals surface area contributed by atoms with Crippen molar-refractivity contribution in [2.45, 2.75) is 45.1 Å². The second-order valence-corrected chi connectivity index (χ2v) is 3.82. The molecular formula is C10H19NO2. The summed E-state index contributed by atoms with van der Waals surface area (Å²) >= 11 is 0. The first-order valence-corrected chi connectivity index (χ1v) is 5.19. The van der Waals surface area contributed by atoms with Gasteiger partial charge in [-0.3, -0.25) is 4.79 Å². The van der Waals surface area contributed by atoms with Gasteiger partial charge in [0, 0.05) is 12.5 Å². The number of nitrogens with one attached hydrogen (secondary N) is 1. The third-order valence-corrected chi connectivity index (χ3v) is 2.85. The maximum Gasteiger partial charge on any atom is 0.303 e. The van der Waals surface area contributed by atoms with Crippen molar-refractivity contribution in [2.75, 3.05) is 6.54 Å². The second kappa shape index (κ2) is 5.22. The monoisotopic (exact) mass is 185 g/mol. The van der Waals surface area contributed by atoms with Crippen molar-refractivity contribution in [3.63, 3.8) is 0 Å². The molecule has 1 rings (SSSR count). The van der Waals surface area contributed by atoms with E-state index in [0.29, 0.717) is 18.4 Å². The minimum atomic E-state index is -0.660. The molecule has 1 heterocycles. The van der Waals surface area contributed by atoms with Crippen molar-refractivity contribution in [1.82, 2.24) is 5.32 Å². The van der Waals surface area contributed by atoms with Gasteiger partial charge in [0.25, 0.3) is 0 Å². The second-order valence-electron chi connectivity index (χ2n) is 3.82. The van der Waals surface area contributed by atoms with Gasteiger partial charge in [-0.25, -0.2) is 0 Å². The average Bonchev–Trinajstić information content (AvgIpc) is 2.28. The summed E-state index contributed by atoms with van der Waals surface area (Å²) in [5, 5.41) is 12.2. The van der Waals surface area contributed by atoms with Crippen LogP contribution in [0.3, 0.4) is 0 Å². The Hall–Kier alpha value is -0.570. The molecule has 0 aromatic rings. The summed E-state index contributed by atoms with van der Waals surface area (Å²) in [7, 11) is 0. The van der Waals surface area contributed by atoms with Crippen molar-refractivity contribution < 1.29 is 9.90 Å². The zero-order valence-corrected chi connectivity index (χ0v) is 8.25. The standard InChI is InChI=1S/C10H19NO2/c1-2-9-8(7-10(12)13)5-3-4-6-11-9/h8-9,11H,2-7H2,1H3,(H,12,13)/t8-,9-/m1/s1. The smallest absolute Gasteiger partial charge is 0.303 e. The lowest BCUT2D eigenvalue weighted by Crippen LogP contribution is -2.35. The molecule has 3 nitrogen and oxygen atoms in total. The van der Waals surface area contributed by atoms with Gasteiger partial charge in [0.1, 0.15) is 0 Å². The fourth-order valence-electron chi connectivity index (χ4n) is 2.13. The SMILES string of the molecule is CC[C@H]1NCCCC[C@@H]1CC(=O)O. The molecule has 3 heteroatoms. The van der Waals surface area contributed by atoms with Crippen molar-refractivity contribution in [1.29, 1.82) is 0 Å². The Morgan fingerprint density at radius 3 is 2.92 bits per heavy atom. The summed E-state index contributed by atoms with van der Waals surface area (Å²) in [6.45, 7) is 3.17. The van der Waals surface area contributed by atoms with E-state index in [-0.39, 0.29) is 0 Å². The van der Waals surface area contributed by atoms with Gasteiger partial charge in [0.2, 0.25) is 0 Å². The zero-order chi connectivity index (χ0) is 9.68. The first kappa shape index (κ1) is 10.5. The molecule has 0 spiro atoms. The van der Waals surface area contributed by atoms with Crippen molar-refractivity contribution in [3.05, 3.63) is 0 Å². The first-order valence-electron chi connectivity index (χ1n) is 5.19. The number of hydrogen-bond donors (Lipinski definition) is 2. The predicted molar refractivity (Wildman–Crippen MR) is 51.7 cm³/mol. The van der Waals surface area contributed by atoms with Gasteiger partial charge >= 0.3 is 5.97 Å². The van der Waals surface area contributed by atoms with Gasteiger partial charge in [0.15, 0.2) is 0 Å². The van der Waals surface area contributed by atoms with E-state index in [2.05, 4.69) is 12.2 Å². The van der Waals surface area contributed by atoms with E-state index in [4.69, 9.17) is 5.11 Å². The molecule has 1 aliphatic heterocycles. The van der Waals surface area contributed by atoms with Crippen LogP contribution in [0.2, 0.25) is 0 Å². The fraction of sp³-hybridized carbons (Fsp3) is 0.900. The third kappa shape index (κ3) is 3.35. The molecule has 0 aromatic heterocycles. The topological polar surface area (TPSA) is 49.3 Å². The van der Waals surface area contributed by atoms with E-state index in [1.54, 1.807) is 0 Å². The number of aliphatic carboxylic acids is 1. The number of carbonyl (C=O) groups is 1. The van der Waals surface area contributed by atoms with Crippen LogP contribution in [0.4, 0.5) is 0 Å². The molecule has 0 saturated carbocycles. The lowest BCUT2D eigenvalue weighted by molar-refractivity contribution is -0.138. The highest BCUT2D eigenvalue weighted by Gasteiger charge is 2.23. The van der Waals surface area contributed by atoms with Crippen LogP contribution in [-0.2, 0) is 4.79 Å². The van der Waals surface area contributed by atoms with Crippen LogP contribution in [0.25, 0.3) is 0 Å². The van der Waals surface area contributed by atoms with E-state index in [9.17, 15) is 4.79 Å². The molecular weight excluding hydrogens is 166 g/mol. The molecule has 0 aromatic carbocycles. The van der Waals surface area contributed by atoms with Crippen molar-refractivity contribution in [2.24, 2.45) is 5.92 Å². The molecule has 1 saturated heterocycles. The third-order valence-electron chi connectivity index (χ3n) is 2.85. The summed E-state index contributed by atoms with van der Waals surface area (Å²) in [5.41, 5.74) is 0. The highest BCUT2D eigenvalue weighted by molar-refractivity contribution is 5.67. The molecule has 0 amide bonds. The minimum absolute atomic E-state index is 0.325. The number of carboxylic acids is 1. The number of carboxylic acid groups (broad SMARTS) is 1. The summed E-state index contributed by atoms with van der Waals surface area (Å²) in [4.78, 5) is 10.6. The summed E-state index contributed by atoms with van der Waals surface area (Å²) < 4.78 is 0. The average molecular weight is 185 g/mol. The minimum Gasteiger partial charge on any atom is -0.481 e. The van der Waals surface area contributed by atoms with Gasteiger partial charge in [-0.05, 0) is 31.7 Å². The molecule has 76 valence electrons. The van der Waals surface area contributed by atoms with Crippen molar-refractivity contribution in [3.8, 4) is 0 Å². The fourth-order valence-corrected chi connectivity index (χ4v) is 2.13. The largest absolute Gasteiger partial charge is 0.481 e. The lowest BCUT2D eigenvalue weighted by atomic mass is 9.91. The molecule has 0 aliphatic carbocycles. The first-order chi connectivity index (χ1) is 6.24. The van der Waals surface area contributed by atoms with Crippen LogP contribution in [0.5, 0.6) is 0 Å². The molecule has 0 radical (unpaired) electrons. The van der Waals surface area contributed by atoms with Crippen LogP contribution < -0.4 is 5.32 Å². The molecule has 2 atom stereocenters. The normalized spacial score (nSPS) is 29.6. The Kier molecular flexibility index (Phi) is 4.22. The van der Waals surface area contributed by atoms with E-state index in [1.165, 1.54) is 12.8 Å². The quantitative estimate of drug-likeness (QED) is 0.702. The molecule has 1 fully saturated rings. The Labute approximate surface area is 79.5 Å². The molecule has 1 aliphatic rings. The van der Waals surface area contributed by atoms with Crippen LogP contribution >= 0.6 is 0 Å². The molecule has 0 unspecified atom stereocenters. The Morgan fingerprint density at radius 1 is 1.54 bits per heavy atom. The van der Waals surface area contributed by atoms with Gasteiger partial charge in [0.05, 0.1) is 0 Å². The van der Waals surface area contributed by atoms with E-state index >= 15 is 0 Å². The maximum absolute atomic E-state index is 10.6. The van der Waals surface area contributed by atoms with Gasteiger partial charge < -0.3 is 10.4 Å². The predicted octanol–water partition coefficient (Wildman–Crippen LogP) is 1.63. The van der Waals surface area contributed by atoms with Crippen LogP contribution in [0, 0.1) is 5.92 Å². The van der Waals surface area contributed by atoms with Crippen LogP contribution in [0.15, 0.2) is 0 Å². The zero-order valence-electron chi connectivity index (χ0n) is 8.25. The van der Waals surface area contributed by atoms with Gasteiger partial charge in [-0.1, -0.05) is 13.3 Å². The van der Waals surface area contributed by atoms with Gasteiger partial charge in [-0.15, -0.1) is 0 Å². The molecule has 2 N–H and O–H groups in total. The highest BCUT2D eigenvalue weighted by atomic mass is 16.4. The van der Waals surface area contributed by atoms with E-state index in [1.807, 2.05) is 0 Å². The molecule has 0 bridgehead atoms.